The predicted octanol–water partition coefficient (Wildman–Crippen LogP) is 7.89. The summed E-state index contributed by atoms with van der Waals surface area (Å²) in [6.07, 6.45) is 11.2. The van der Waals surface area contributed by atoms with Gasteiger partial charge < -0.3 is 24.3 Å². The van der Waals surface area contributed by atoms with E-state index in [0.29, 0.717) is 40.6 Å². The normalized spacial score (nSPS) is 47.3. The van der Waals surface area contributed by atoms with Crippen LogP contribution in [0.25, 0.3) is 0 Å². The van der Waals surface area contributed by atoms with E-state index in [-0.39, 0.29) is 23.8 Å². The maximum atomic E-state index is 13.3. The fourth-order valence-corrected chi connectivity index (χ4v) is 11.5. The maximum absolute atomic E-state index is 13.3. The van der Waals surface area contributed by atoms with Gasteiger partial charge in [0.2, 0.25) is 0 Å². The van der Waals surface area contributed by atoms with Crippen molar-refractivity contribution in [1.29, 1.82) is 0 Å². The minimum absolute atomic E-state index is 0.0813. The molecule has 1 N–H and O–H groups in total. The summed E-state index contributed by atoms with van der Waals surface area (Å²) in [4.78, 5) is 25.8. The van der Waals surface area contributed by atoms with Crippen molar-refractivity contribution in [3.8, 4) is 0 Å². The second-order valence-electron chi connectivity index (χ2n) is 17.9. The van der Waals surface area contributed by atoms with Gasteiger partial charge in [0.05, 0.1) is 12.7 Å². The van der Waals surface area contributed by atoms with Gasteiger partial charge in [0.1, 0.15) is 17.7 Å². The molecular formula is C37H61NO6. The Morgan fingerprint density at radius 2 is 1.64 bits per heavy atom. The molecule has 2 aliphatic heterocycles. The van der Waals surface area contributed by atoms with Gasteiger partial charge in [-0.1, -0.05) is 41.5 Å². The Morgan fingerprint density at radius 3 is 2.30 bits per heavy atom. The summed E-state index contributed by atoms with van der Waals surface area (Å²) < 4.78 is 25.1. The van der Waals surface area contributed by atoms with E-state index in [1.807, 2.05) is 34.6 Å². The fraction of sp³-hybridized carbons (Fsp3) is 0.946. The zero-order chi connectivity index (χ0) is 31.8. The monoisotopic (exact) mass is 615 g/mol. The Balaban J connectivity index is 1.09. The Labute approximate surface area is 266 Å². The summed E-state index contributed by atoms with van der Waals surface area (Å²) in [6, 6.07) is -0.710. The molecule has 44 heavy (non-hydrogen) atoms. The van der Waals surface area contributed by atoms with Gasteiger partial charge in [0.15, 0.2) is 5.79 Å². The molecule has 0 radical (unpaired) electrons. The Bertz CT molecular complexity index is 1090. The standard InChI is InChI=1S/C37H61NO6/c1-21(2)31(38-33(40)44-34(5,6)7)32(39)42-25-13-15-35(8)24(18-25)10-11-26-27(35)14-16-36(9)28(26)19-29-30(36)23(4)37(43-29)17-12-22(3)20-41-37/h21-31H,10-20H2,1-9H3,(H,38,40)/t22-,23+,24-,25-,26?,27?,28?,29+,30+,31+,35+,36+,37-/m1/s1. The van der Waals surface area contributed by atoms with E-state index in [4.69, 9.17) is 18.9 Å². The number of ether oxygens (including phenoxy) is 4. The van der Waals surface area contributed by atoms with Gasteiger partial charge in [-0.05, 0) is 131 Å². The smallest absolute Gasteiger partial charge is 0.408 e. The van der Waals surface area contributed by atoms with Crippen molar-refractivity contribution in [3.63, 3.8) is 0 Å². The summed E-state index contributed by atoms with van der Waals surface area (Å²) in [5.74, 6) is 3.75. The highest BCUT2D eigenvalue weighted by molar-refractivity contribution is 5.81. The van der Waals surface area contributed by atoms with Crippen LogP contribution in [-0.2, 0) is 23.7 Å². The van der Waals surface area contributed by atoms with Crippen LogP contribution in [0.15, 0.2) is 0 Å². The summed E-state index contributed by atoms with van der Waals surface area (Å²) in [5.41, 5.74) is 0.0174. The van der Waals surface area contributed by atoms with Crippen LogP contribution in [-0.4, -0.2) is 48.3 Å². The Kier molecular flexibility index (Phi) is 8.46. The molecule has 7 nitrogen and oxygen atoms in total. The largest absolute Gasteiger partial charge is 0.461 e. The molecule has 3 unspecified atom stereocenters. The zero-order valence-electron chi connectivity index (χ0n) is 29.1. The second kappa shape index (κ2) is 11.4. The molecule has 0 aromatic heterocycles. The molecule has 4 aliphatic carbocycles. The first-order valence-corrected chi connectivity index (χ1v) is 18.1. The van der Waals surface area contributed by atoms with Gasteiger partial charge in [-0.15, -0.1) is 0 Å². The van der Waals surface area contributed by atoms with Crippen molar-refractivity contribution in [2.24, 2.45) is 58.2 Å². The van der Waals surface area contributed by atoms with E-state index in [9.17, 15) is 9.59 Å². The molecule has 1 amide bonds. The van der Waals surface area contributed by atoms with Crippen LogP contribution in [0.4, 0.5) is 4.79 Å². The lowest BCUT2D eigenvalue weighted by Crippen LogP contribution is -2.55. The molecule has 250 valence electrons. The van der Waals surface area contributed by atoms with E-state index in [2.05, 4.69) is 33.0 Å². The van der Waals surface area contributed by atoms with Crippen molar-refractivity contribution < 1.29 is 28.5 Å². The van der Waals surface area contributed by atoms with Crippen molar-refractivity contribution in [2.75, 3.05) is 6.61 Å². The van der Waals surface area contributed by atoms with Crippen LogP contribution >= 0.6 is 0 Å². The quantitative estimate of drug-likeness (QED) is 0.324. The summed E-state index contributed by atoms with van der Waals surface area (Å²) >= 11 is 0. The highest BCUT2D eigenvalue weighted by Crippen LogP contribution is 2.71. The molecule has 13 atom stereocenters. The van der Waals surface area contributed by atoms with Gasteiger partial charge in [-0.2, -0.15) is 0 Å². The van der Waals surface area contributed by atoms with E-state index < -0.39 is 17.7 Å². The molecule has 6 fully saturated rings. The van der Waals surface area contributed by atoms with Gasteiger partial charge in [-0.25, -0.2) is 9.59 Å². The number of carbonyl (C=O) groups is 2. The van der Waals surface area contributed by atoms with Crippen LogP contribution < -0.4 is 5.32 Å². The van der Waals surface area contributed by atoms with Crippen molar-refractivity contribution in [1.82, 2.24) is 5.32 Å². The molecule has 7 heteroatoms. The highest BCUT2D eigenvalue weighted by Gasteiger charge is 2.69. The third-order valence-electron chi connectivity index (χ3n) is 13.8. The van der Waals surface area contributed by atoms with Gasteiger partial charge >= 0.3 is 12.1 Å². The second-order valence-corrected chi connectivity index (χ2v) is 17.9. The molecule has 0 aromatic carbocycles. The Morgan fingerprint density at radius 1 is 0.909 bits per heavy atom. The van der Waals surface area contributed by atoms with E-state index in [1.54, 1.807) is 0 Å². The molecule has 6 aliphatic rings. The minimum atomic E-state index is -0.710. The summed E-state index contributed by atoms with van der Waals surface area (Å²) in [6.45, 7) is 20.1. The lowest BCUT2D eigenvalue weighted by molar-refractivity contribution is -0.273. The predicted molar refractivity (Wildman–Crippen MR) is 170 cm³/mol. The number of hydrogen-bond donors (Lipinski definition) is 1. The van der Waals surface area contributed by atoms with Gasteiger partial charge in [0.25, 0.3) is 0 Å². The molecule has 0 aromatic rings. The van der Waals surface area contributed by atoms with Gasteiger partial charge in [-0.3, -0.25) is 0 Å². The fourth-order valence-electron chi connectivity index (χ4n) is 11.5. The van der Waals surface area contributed by atoms with E-state index in [0.717, 1.165) is 50.0 Å². The molecular weight excluding hydrogens is 554 g/mol. The number of rotatable bonds is 4. The van der Waals surface area contributed by atoms with Crippen LogP contribution in [0, 0.1) is 58.2 Å². The SMILES string of the molecule is CC(C)[C@H](NC(=O)OC(C)(C)C)C(=O)O[C@@H]1CC[C@]2(C)C3CC[C@@]4(C)C(C[C@@H]5O[C@]6(CC[C@@H](C)CO6)[C@@H](C)[C@@H]54)C3CC[C@@H]2C1. The number of amides is 1. The molecule has 2 saturated heterocycles. The average molecular weight is 616 g/mol. The summed E-state index contributed by atoms with van der Waals surface area (Å²) in [5, 5.41) is 2.78. The van der Waals surface area contributed by atoms with Gasteiger partial charge in [0, 0.05) is 12.3 Å². The number of nitrogens with one attached hydrogen (secondary N) is 1. The summed E-state index contributed by atoms with van der Waals surface area (Å²) in [7, 11) is 0. The van der Waals surface area contributed by atoms with Crippen LogP contribution in [0.1, 0.15) is 127 Å². The third-order valence-corrected chi connectivity index (χ3v) is 13.8. The number of alkyl carbamates (subject to hydrolysis) is 1. The van der Waals surface area contributed by atoms with Crippen LogP contribution in [0.5, 0.6) is 0 Å². The van der Waals surface area contributed by atoms with Crippen molar-refractivity contribution >= 4 is 12.1 Å². The number of hydrogen-bond acceptors (Lipinski definition) is 6. The van der Waals surface area contributed by atoms with Crippen molar-refractivity contribution in [3.05, 3.63) is 0 Å². The molecule has 6 rings (SSSR count). The average Bonchev–Trinajstić information content (AvgIpc) is 3.37. The van der Waals surface area contributed by atoms with E-state index >= 15 is 0 Å². The third kappa shape index (κ3) is 5.52. The first kappa shape index (κ1) is 32.6. The van der Waals surface area contributed by atoms with Crippen molar-refractivity contribution in [2.45, 2.75) is 156 Å². The molecule has 1 spiro atoms. The number of carbonyl (C=O) groups excluding carboxylic acids is 2. The van der Waals surface area contributed by atoms with E-state index in [1.165, 1.54) is 38.5 Å². The maximum Gasteiger partial charge on any atom is 0.408 e. The molecule has 2 heterocycles. The topological polar surface area (TPSA) is 83.1 Å². The molecule has 0 bridgehead atoms. The Hall–Kier alpha value is -1.34. The number of fused-ring (bicyclic) bond motifs is 7. The first-order valence-electron chi connectivity index (χ1n) is 18.1. The highest BCUT2D eigenvalue weighted by atomic mass is 16.7. The minimum Gasteiger partial charge on any atom is -0.461 e. The lowest BCUT2D eigenvalue weighted by atomic mass is 9.44. The van der Waals surface area contributed by atoms with Crippen LogP contribution in [0.2, 0.25) is 0 Å². The van der Waals surface area contributed by atoms with Crippen LogP contribution in [0.3, 0.4) is 0 Å². The lowest BCUT2D eigenvalue weighted by Gasteiger charge is -2.61. The first-order chi connectivity index (χ1) is 20.6. The molecule has 4 saturated carbocycles. The number of esters is 1. The zero-order valence-corrected chi connectivity index (χ0v) is 29.1.